The maximum absolute atomic E-state index is 13.8. The fraction of sp³-hybridized carbons (Fsp3) is 0.250. The van der Waals surface area contributed by atoms with Gasteiger partial charge in [-0.25, -0.2) is 23.1 Å². The van der Waals surface area contributed by atoms with Crippen molar-refractivity contribution in [2.24, 2.45) is 0 Å². The molecule has 0 spiro atoms. The van der Waals surface area contributed by atoms with E-state index in [4.69, 9.17) is 11.6 Å². The molecule has 0 aliphatic heterocycles. The molecule has 0 aliphatic carbocycles. The monoisotopic (exact) mass is 438 g/mol. The van der Waals surface area contributed by atoms with Crippen LogP contribution in [0.4, 0.5) is 19.1 Å². The molecule has 0 saturated heterocycles. The first kappa shape index (κ1) is 21.8. The van der Waals surface area contributed by atoms with Crippen molar-refractivity contribution in [3.05, 3.63) is 75.5 Å². The summed E-state index contributed by atoms with van der Waals surface area (Å²) in [4.78, 5) is 20.8. The average Bonchev–Trinajstić information content (AvgIpc) is 2.76. The number of halogens is 4. The van der Waals surface area contributed by atoms with Gasteiger partial charge in [0.1, 0.15) is 19.2 Å². The molecule has 0 bridgehead atoms. The summed E-state index contributed by atoms with van der Waals surface area (Å²) < 4.78 is 40.5. The molecule has 1 aromatic carbocycles. The Morgan fingerprint density at radius 3 is 2.57 bits per heavy atom. The molecule has 0 amide bonds. The van der Waals surface area contributed by atoms with E-state index in [-0.39, 0.29) is 11.0 Å². The summed E-state index contributed by atoms with van der Waals surface area (Å²) in [5.74, 6) is -0.625. The summed E-state index contributed by atoms with van der Waals surface area (Å²) in [6.07, 6.45) is 2.85. The Bertz CT molecular complexity index is 1080. The quantitative estimate of drug-likeness (QED) is 0.563. The Hall–Kier alpha value is -2.91. The van der Waals surface area contributed by atoms with Gasteiger partial charge >= 0.3 is 0 Å². The summed E-state index contributed by atoms with van der Waals surface area (Å²) in [6.45, 7) is -2.28. The van der Waals surface area contributed by atoms with Crippen LogP contribution in [-0.4, -0.2) is 45.6 Å². The lowest BCUT2D eigenvalue weighted by atomic mass is 10.1. The highest BCUT2D eigenvalue weighted by Gasteiger charge is 2.17. The molecule has 0 aliphatic rings. The van der Waals surface area contributed by atoms with E-state index in [9.17, 15) is 23.1 Å². The zero-order chi connectivity index (χ0) is 21.7. The number of aliphatic hydroxyl groups is 1. The smallest absolute Gasteiger partial charge is 0.251 e. The van der Waals surface area contributed by atoms with Gasteiger partial charge < -0.3 is 15.0 Å². The van der Waals surface area contributed by atoms with Gasteiger partial charge in [-0.15, -0.1) is 0 Å². The van der Waals surface area contributed by atoms with Gasteiger partial charge in [-0.1, -0.05) is 17.7 Å². The number of alkyl halides is 2. The fourth-order valence-electron chi connectivity index (χ4n) is 2.87. The van der Waals surface area contributed by atoms with Gasteiger partial charge in [-0.2, -0.15) is 0 Å². The van der Waals surface area contributed by atoms with Gasteiger partial charge in [0.15, 0.2) is 0 Å². The summed E-state index contributed by atoms with van der Waals surface area (Å²) in [5, 5.41) is 12.2. The van der Waals surface area contributed by atoms with Crippen LogP contribution < -0.4 is 10.9 Å². The number of nitrogens with one attached hydrogen (secondary N) is 1. The number of aliphatic hydroxyl groups excluding tert-OH is 1. The van der Waals surface area contributed by atoms with E-state index in [2.05, 4.69) is 15.3 Å². The zero-order valence-electron chi connectivity index (χ0n) is 15.6. The predicted octanol–water partition coefficient (Wildman–Crippen LogP) is 3.40. The van der Waals surface area contributed by atoms with Gasteiger partial charge in [0.2, 0.25) is 5.95 Å². The number of benzene rings is 1. The molecular weight excluding hydrogens is 421 g/mol. The summed E-state index contributed by atoms with van der Waals surface area (Å²) >= 11 is 5.69. The lowest BCUT2D eigenvalue weighted by Crippen LogP contribution is -2.27. The number of aromatic nitrogens is 3. The van der Waals surface area contributed by atoms with Crippen molar-refractivity contribution in [1.82, 2.24) is 14.5 Å². The number of pyridine rings is 1. The van der Waals surface area contributed by atoms with Crippen molar-refractivity contribution in [3.63, 3.8) is 0 Å². The lowest BCUT2D eigenvalue weighted by Gasteiger charge is -2.19. The molecule has 158 valence electrons. The standard InChI is InChI=1S/C20H18ClF3N4O2/c21-15-2-1-13(7-16(15)24)18(11-29)28-6-4-12(8-19(28)30)17-3-5-25-20(27-17)26-14(9-22)10-23/h1-8,14,18,29H,9-11H2,(H,25,26,27). The first-order valence-corrected chi connectivity index (χ1v) is 9.34. The fourth-order valence-corrected chi connectivity index (χ4v) is 2.99. The number of anilines is 1. The maximum atomic E-state index is 13.8. The van der Waals surface area contributed by atoms with Gasteiger partial charge in [0, 0.05) is 24.0 Å². The largest absolute Gasteiger partial charge is 0.394 e. The molecule has 1 unspecified atom stereocenters. The molecule has 0 radical (unpaired) electrons. The van der Waals surface area contributed by atoms with Crippen LogP contribution in [0.2, 0.25) is 5.02 Å². The number of hydrogen-bond donors (Lipinski definition) is 2. The molecule has 6 nitrogen and oxygen atoms in total. The van der Waals surface area contributed by atoms with Gasteiger partial charge in [-0.05, 0) is 29.8 Å². The van der Waals surface area contributed by atoms with E-state index in [0.717, 1.165) is 6.07 Å². The molecule has 3 rings (SSSR count). The van der Waals surface area contributed by atoms with E-state index in [1.54, 1.807) is 12.1 Å². The minimum atomic E-state index is -1.06. The van der Waals surface area contributed by atoms with Crippen molar-refractivity contribution < 1.29 is 18.3 Å². The Balaban J connectivity index is 1.91. The normalized spacial score (nSPS) is 12.2. The molecule has 2 heterocycles. The van der Waals surface area contributed by atoms with Crippen LogP contribution in [0.5, 0.6) is 0 Å². The zero-order valence-corrected chi connectivity index (χ0v) is 16.4. The van der Waals surface area contributed by atoms with Gasteiger partial charge in [0.05, 0.1) is 29.4 Å². The van der Waals surface area contributed by atoms with E-state index in [1.807, 2.05) is 0 Å². The first-order valence-electron chi connectivity index (χ1n) is 8.96. The van der Waals surface area contributed by atoms with Crippen LogP contribution in [-0.2, 0) is 0 Å². The second-order valence-electron chi connectivity index (χ2n) is 6.45. The minimum Gasteiger partial charge on any atom is -0.394 e. The Kier molecular flexibility index (Phi) is 7.07. The van der Waals surface area contributed by atoms with E-state index in [1.165, 1.54) is 35.2 Å². The minimum absolute atomic E-state index is 0.0295. The van der Waals surface area contributed by atoms with Crippen LogP contribution >= 0.6 is 11.6 Å². The third-order valence-electron chi connectivity index (χ3n) is 4.44. The summed E-state index contributed by atoms with van der Waals surface area (Å²) in [6, 6.07) is 6.61. The van der Waals surface area contributed by atoms with Crippen molar-refractivity contribution in [3.8, 4) is 11.3 Å². The van der Waals surface area contributed by atoms with E-state index in [0.29, 0.717) is 16.8 Å². The number of nitrogens with zero attached hydrogens (tertiary/aromatic N) is 3. The van der Waals surface area contributed by atoms with Gasteiger partial charge in [-0.3, -0.25) is 4.79 Å². The molecule has 0 fully saturated rings. The van der Waals surface area contributed by atoms with Crippen LogP contribution in [0.15, 0.2) is 53.6 Å². The van der Waals surface area contributed by atoms with Crippen LogP contribution in [0, 0.1) is 5.82 Å². The van der Waals surface area contributed by atoms with Crippen LogP contribution in [0.1, 0.15) is 11.6 Å². The molecule has 1 atom stereocenters. The first-order chi connectivity index (χ1) is 14.5. The molecule has 2 aromatic heterocycles. The maximum Gasteiger partial charge on any atom is 0.251 e. The molecule has 0 saturated carbocycles. The third-order valence-corrected chi connectivity index (χ3v) is 4.75. The van der Waals surface area contributed by atoms with Crippen molar-refractivity contribution in [2.75, 3.05) is 25.3 Å². The highest BCUT2D eigenvalue weighted by Crippen LogP contribution is 2.23. The van der Waals surface area contributed by atoms with Crippen molar-refractivity contribution in [2.45, 2.75) is 12.1 Å². The molecule has 3 aromatic rings. The molecule has 30 heavy (non-hydrogen) atoms. The average molecular weight is 439 g/mol. The topological polar surface area (TPSA) is 80.0 Å². The van der Waals surface area contributed by atoms with Crippen molar-refractivity contribution >= 4 is 17.5 Å². The van der Waals surface area contributed by atoms with Crippen molar-refractivity contribution in [1.29, 1.82) is 0 Å². The Labute approximate surface area is 175 Å². The Morgan fingerprint density at radius 2 is 1.93 bits per heavy atom. The molecular formula is C20H18ClF3N4O2. The SMILES string of the molecule is O=c1cc(-c2ccnc(NC(CF)CF)n2)ccn1C(CO)c1ccc(Cl)c(F)c1. The lowest BCUT2D eigenvalue weighted by molar-refractivity contribution is 0.247. The van der Waals surface area contributed by atoms with Crippen LogP contribution in [0.3, 0.4) is 0 Å². The van der Waals surface area contributed by atoms with E-state index < -0.39 is 43.4 Å². The van der Waals surface area contributed by atoms with E-state index >= 15 is 0 Å². The summed E-state index contributed by atoms with van der Waals surface area (Å²) in [5.41, 5.74) is 0.732. The predicted molar refractivity (Wildman–Crippen MR) is 108 cm³/mol. The number of rotatable bonds is 8. The third kappa shape index (κ3) is 4.80. The highest BCUT2D eigenvalue weighted by atomic mass is 35.5. The number of hydrogen-bond acceptors (Lipinski definition) is 5. The van der Waals surface area contributed by atoms with Crippen LogP contribution in [0.25, 0.3) is 11.3 Å². The van der Waals surface area contributed by atoms with Gasteiger partial charge in [0.25, 0.3) is 5.56 Å². The highest BCUT2D eigenvalue weighted by molar-refractivity contribution is 6.30. The summed E-state index contributed by atoms with van der Waals surface area (Å²) in [7, 11) is 0. The molecule has 2 N–H and O–H groups in total. The Morgan fingerprint density at radius 1 is 1.17 bits per heavy atom. The second kappa shape index (κ2) is 9.73. The second-order valence-corrected chi connectivity index (χ2v) is 6.86. The molecule has 10 heteroatoms.